The molecule has 0 fully saturated rings. The Hall–Kier alpha value is -5.72. The highest BCUT2D eigenvalue weighted by molar-refractivity contribution is 6.29. The number of fused-ring (bicyclic) bond motifs is 4. The van der Waals surface area contributed by atoms with Crippen LogP contribution in [-0.2, 0) is 0 Å². The summed E-state index contributed by atoms with van der Waals surface area (Å²) in [5.74, 6) is 0. The molecule has 0 radical (unpaired) electrons. The molecule has 0 aliphatic heterocycles. The molecule has 0 N–H and O–H groups in total. The van der Waals surface area contributed by atoms with Gasteiger partial charge in [0.05, 0.1) is 0 Å². The molecule has 0 spiro atoms. The highest BCUT2D eigenvalue weighted by atomic mass is 14.3. The van der Waals surface area contributed by atoms with E-state index in [1.807, 2.05) is 0 Å². The molecule has 240 valence electrons. The molecular weight excluding hydrogens is 601 g/mol. The monoisotopic (exact) mass is 640 g/mol. The maximum absolute atomic E-state index is 2.46. The molecule has 0 bridgehead atoms. The molecule has 0 unspecified atom stereocenters. The molecule has 9 rings (SSSR count). The van der Waals surface area contributed by atoms with Crippen molar-refractivity contribution >= 4 is 21.5 Å². The Morgan fingerprint density at radius 2 is 0.740 bits per heavy atom. The highest BCUT2D eigenvalue weighted by Gasteiger charge is 2.31. The fourth-order valence-electron chi connectivity index (χ4n) is 8.76. The molecule has 0 saturated carbocycles. The van der Waals surface area contributed by atoms with Gasteiger partial charge in [0.2, 0.25) is 0 Å². The third-order valence-electron chi connectivity index (χ3n) is 10.6. The van der Waals surface area contributed by atoms with Gasteiger partial charge in [0.25, 0.3) is 0 Å². The summed E-state index contributed by atoms with van der Waals surface area (Å²) in [4.78, 5) is 0. The second-order valence-corrected chi connectivity index (χ2v) is 14.6. The average Bonchev–Trinajstić information content (AvgIpc) is 3.41. The topological polar surface area (TPSA) is 0 Å². The van der Waals surface area contributed by atoms with Crippen LogP contribution in [0.2, 0.25) is 0 Å². The van der Waals surface area contributed by atoms with Gasteiger partial charge in [0.1, 0.15) is 0 Å². The summed E-state index contributed by atoms with van der Waals surface area (Å²) in [5.41, 5.74) is 23.3. The first kappa shape index (κ1) is 30.3. The summed E-state index contributed by atoms with van der Waals surface area (Å²) < 4.78 is 0. The van der Waals surface area contributed by atoms with Gasteiger partial charge in [-0.25, -0.2) is 0 Å². The smallest absolute Gasteiger partial charge is 0.000740 e. The van der Waals surface area contributed by atoms with E-state index in [1.165, 1.54) is 122 Å². The SMILES string of the molecule is Cc1cccc(-c2ccc3c(-c4cc(C)cc(C)c4)c4c(c(-c5cc(C)cc(C)c5)c3c2)-c2ccc(-c3cccc(C)c3)c3cccc-4c23)c1. The lowest BCUT2D eigenvalue weighted by molar-refractivity contribution is 1.38. The molecule has 0 saturated heterocycles. The Balaban J connectivity index is 1.49. The summed E-state index contributed by atoms with van der Waals surface area (Å²) in [6, 6.07) is 50.9. The Bertz CT molecular complexity index is 2660. The predicted molar refractivity (Wildman–Crippen MR) is 216 cm³/mol. The van der Waals surface area contributed by atoms with Crippen molar-refractivity contribution in [2.45, 2.75) is 41.5 Å². The quantitative estimate of drug-likeness (QED) is 0.180. The number of rotatable bonds is 4. The molecule has 1 aliphatic carbocycles. The van der Waals surface area contributed by atoms with Gasteiger partial charge in [0, 0.05) is 0 Å². The summed E-state index contributed by atoms with van der Waals surface area (Å²) in [7, 11) is 0. The van der Waals surface area contributed by atoms with Crippen molar-refractivity contribution in [3.8, 4) is 66.8 Å². The van der Waals surface area contributed by atoms with Crippen molar-refractivity contribution in [3.05, 3.63) is 167 Å². The molecule has 0 amide bonds. The van der Waals surface area contributed by atoms with Gasteiger partial charge in [-0.2, -0.15) is 0 Å². The molecule has 0 aromatic heterocycles. The van der Waals surface area contributed by atoms with Crippen LogP contribution in [0.5, 0.6) is 0 Å². The maximum atomic E-state index is 2.46. The van der Waals surface area contributed by atoms with Crippen LogP contribution in [0.3, 0.4) is 0 Å². The van der Waals surface area contributed by atoms with Crippen molar-refractivity contribution in [1.82, 2.24) is 0 Å². The third-order valence-corrected chi connectivity index (χ3v) is 10.6. The van der Waals surface area contributed by atoms with Gasteiger partial charge >= 0.3 is 0 Å². The predicted octanol–water partition coefficient (Wildman–Crippen LogP) is 14.2. The fraction of sp³-hybridized carbons (Fsp3) is 0.120. The molecule has 8 aromatic rings. The Morgan fingerprint density at radius 1 is 0.260 bits per heavy atom. The standard InChI is InChI=1S/C50H40/c1-29-10-7-12-35(22-29)36-16-17-42-45(28-36)47(39-26-33(5)21-34(6)27-39)50-44-19-18-40(37-13-8-11-30(2)23-37)41-14-9-15-43(48(41)44)49(50)46(42)38-24-31(3)20-32(4)25-38/h7-28H,1-6H3. The molecule has 8 aromatic carbocycles. The Morgan fingerprint density at radius 3 is 1.36 bits per heavy atom. The molecule has 1 aliphatic rings. The number of benzene rings is 8. The fourth-order valence-corrected chi connectivity index (χ4v) is 8.76. The van der Waals surface area contributed by atoms with E-state index in [4.69, 9.17) is 0 Å². The maximum Gasteiger partial charge on any atom is -0.000740 e. The van der Waals surface area contributed by atoms with Crippen LogP contribution in [0.1, 0.15) is 33.4 Å². The minimum Gasteiger partial charge on any atom is -0.0614 e. The van der Waals surface area contributed by atoms with Gasteiger partial charge in [-0.05, 0) is 136 Å². The van der Waals surface area contributed by atoms with Gasteiger partial charge in [-0.15, -0.1) is 0 Å². The Labute approximate surface area is 295 Å². The third kappa shape index (κ3) is 4.82. The van der Waals surface area contributed by atoms with E-state index in [0.29, 0.717) is 0 Å². The van der Waals surface area contributed by atoms with Crippen LogP contribution in [0, 0.1) is 41.5 Å². The van der Waals surface area contributed by atoms with E-state index >= 15 is 0 Å². The van der Waals surface area contributed by atoms with Crippen molar-refractivity contribution in [2.75, 3.05) is 0 Å². The lowest BCUT2D eigenvalue weighted by Gasteiger charge is -2.22. The summed E-state index contributed by atoms with van der Waals surface area (Å²) in [6.07, 6.45) is 0. The van der Waals surface area contributed by atoms with Crippen LogP contribution in [0.15, 0.2) is 133 Å². The van der Waals surface area contributed by atoms with Crippen molar-refractivity contribution in [1.29, 1.82) is 0 Å². The lowest BCUT2D eigenvalue weighted by atomic mass is 9.81. The zero-order valence-electron chi connectivity index (χ0n) is 29.7. The minimum atomic E-state index is 1.24. The largest absolute Gasteiger partial charge is 0.0614 e. The van der Waals surface area contributed by atoms with E-state index < -0.39 is 0 Å². The van der Waals surface area contributed by atoms with E-state index in [1.54, 1.807) is 0 Å². The highest BCUT2D eigenvalue weighted by Crippen LogP contribution is 2.59. The zero-order chi connectivity index (χ0) is 34.3. The van der Waals surface area contributed by atoms with Crippen molar-refractivity contribution in [2.24, 2.45) is 0 Å². The Kier molecular flexibility index (Phi) is 6.94. The van der Waals surface area contributed by atoms with Crippen molar-refractivity contribution < 1.29 is 0 Å². The number of aryl methyl sites for hydroxylation is 6. The first-order valence-electron chi connectivity index (χ1n) is 17.7. The average molecular weight is 641 g/mol. The van der Waals surface area contributed by atoms with Crippen LogP contribution < -0.4 is 0 Å². The summed E-state index contributed by atoms with van der Waals surface area (Å²) in [6.45, 7) is 13.3. The van der Waals surface area contributed by atoms with Gasteiger partial charge in [-0.1, -0.05) is 161 Å². The second kappa shape index (κ2) is 11.4. The van der Waals surface area contributed by atoms with Crippen molar-refractivity contribution in [3.63, 3.8) is 0 Å². The minimum absolute atomic E-state index is 1.24. The van der Waals surface area contributed by atoms with E-state index in [0.717, 1.165) is 0 Å². The van der Waals surface area contributed by atoms with Gasteiger partial charge in [-0.3, -0.25) is 0 Å². The van der Waals surface area contributed by atoms with Gasteiger partial charge < -0.3 is 0 Å². The van der Waals surface area contributed by atoms with Crippen LogP contribution >= 0.6 is 0 Å². The second-order valence-electron chi connectivity index (χ2n) is 14.6. The molecule has 0 heteroatoms. The van der Waals surface area contributed by atoms with Crippen LogP contribution in [0.25, 0.3) is 88.3 Å². The van der Waals surface area contributed by atoms with Crippen LogP contribution in [0.4, 0.5) is 0 Å². The molecular formula is C50H40. The van der Waals surface area contributed by atoms with Crippen LogP contribution in [-0.4, -0.2) is 0 Å². The first-order chi connectivity index (χ1) is 24.2. The van der Waals surface area contributed by atoms with Gasteiger partial charge in [0.15, 0.2) is 0 Å². The molecule has 0 nitrogen and oxygen atoms in total. The lowest BCUT2D eigenvalue weighted by Crippen LogP contribution is -1.96. The molecule has 0 heterocycles. The van der Waals surface area contributed by atoms with E-state index in [2.05, 4.69) is 175 Å². The van der Waals surface area contributed by atoms with E-state index in [9.17, 15) is 0 Å². The molecule has 50 heavy (non-hydrogen) atoms. The summed E-state index contributed by atoms with van der Waals surface area (Å²) in [5, 5.41) is 5.25. The normalized spacial score (nSPS) is 11.8. The molecule has 0 atom stereocenters. The zero-order valence-corrected chi connectivity index (χ0v) is 29.7. The number of hydrogen-bond donors (Lipinski definition) is 0. The number of hydrogen-bond acceptors (Lipinski definition) is 0. The summed E-state index contributed by atoms with van der Waals surface area (Å²) >= 11 is 0. The first-order valence-corrected chi connectivity index (χ1v) is 17.7. The van der Waals surface area contributed by atoms with E-state index in [-0.39, 0.29) is 0 Å².